The number of nitrogens with one attached hydrogen (secondary N) is 1. The van der Waals surface area contributed by atoms with Crippen LogP contribution in [0.5, 0.6) is 5.75 Å². The number of anilines is 1. The van der Waals surface area contributed by atoms with Crippen molar-refractivity contribution in [3.05, 3.63) is 84.7 Å². The number of fused-ring (bicyclic) bond motifs is 3. The lowest BCUT2D eigenvalue weighted by Gasteiger charge is -2.09. The molecule has 30 heavy (non-hydrogen) atoms. The van der Waals surface area contributed by atoms with Crippen LogP contribution in [0.3, 0.4) is 0 Å². The second-order valence-electron chi connectivity index (χ2n) is 6.74. The summed E-state index contributed by atoms with van der Waals surface area (Å²) in [6, 6.07) is 22.5. The molecule has 1 N–H and O–H groups in total. The number of rotatable bonds is 4. The summed E-state index contributed by atoms with van der Waals surface area (Å²) < 4.78 is 7.17. The van der Waals surface area contributed by atoms with E-state index < -0.39 is 0 Å². The van der Waals surface area contributed by atoms with Crippen LogP contribution in [0.1, 0.15) is 10.4 Å². The molecular weight excluding hydrogens is 378 g/mol. The first-order chi connectivity index (χ1) is 14.7. The Morgan fingerprint density at radius 3 is 2.67 bits per heavy atom. The Hall–Kier alpha value is -4.26. The van der Waals surface area contributed by atoms with E-state index in [1.807, 2.05) is 59.2 Å². The number of aromatic nitrogens is 4. The maximum atomic E-state index is 12.9. The van der Waals surface area contributed by atoms with Gasteiger partial charge in [0.2, 0.25) is 5.65 Å². The van der Waals surface area contributed by atoms with E-state index in [4.69, 9.17) is 4.74 Å². The molecule has 5 rings (SSSR count). The monoisotopic (exact) mass is 395 g/mol. The summed E-state index contributed by atoms with van der Waals surface area (Å²) >= 11 is 0. The minimum Gasteiger partial charge on any atom is -0.497 e. The van der Waals surface area contributed by atoms with Gasteiger partial charge < -0.3 is 10.1 Å². The standard InChI is InChI=1S/C23H17N5O2/c1-30-18-9-5-6-16(13-18)25-23(29)15-10-11-20-19(12-15)21-22(27-26-20)24-14-28(21)17-7-3-2-4-8-17/h2-14H,1H3,(H,25,29). The molecule has 5 aromatic rings. The molecule has 0 unspecified atom stereocenters. The number of benzene rings is 3. The predicted octanol–water partition coefficient (Wildman–Crippen LogP) is 4.23. The van der Waals surface area contributed by atoms with Crippen molar-refractivity contribution in [2.75, 3.05) is 12.4 Å². The summed E-state index contributed by atoms with van der Waals surface area (Å²) in [5.74, 6) is 0.455. The molecule has 7 heteroatoms. The van der Waals surface area contributed by atoms with Crippen molar-refractivity contribution in [1.29, 1.82) is 0 Å². The fourth-order valence-electron chi connectivity index (χ4n) is 3.41. The summed E-state index contributed by atoms with van der Waals surface area (Å²) in [6.45, 7) is 0. The van der Waals surface area contributed by atoms with Gasteiger partial charge in [0, 0.05) is 28.4 Å². The van der Waals surface area contributed by atoms with Gasteiger partial charge in [-0.1, -0.05) is 24.3 Å². The van der Waals surface area contributed by atoms with Crippen LogP contribution in [-0.4, -0.2) is 32.8 Å². The average molecular weight is 395 g/mol. The van der Waals surface area contributed by atoms with E-state index in [0.717, 1.165) is 16.6 Å². The largest absolute Gasteiger partial charge is 0.497 e. The summed E-state index contributed by atoms with van der Waals surface area (Å²) in [5, 5.41) is 12.2. The van der Waals surface area contributed by atoms with Crippen LogP contribution in [0, 0.1) is 0 Å². The molecule has 0 saturated heterocycles. The van der Waals surface area contributed by atoms with Crippen molar-refractivity contribution in [3.8, 4) is 11.4 Å². The highest BCUT2D eigenvalue weighted by atomic mass is 16.5. The topological polar surface area (TPSA) is 81.9 Å². The van der Waals surface area contributed by atoms with Crippen molar-refractivity contribution in [2.45, 2.75) is 0 Å². The second-order valence-corrected chi connectivity index (χ2v) is 6.74. The van der Waals surface area contributed by atoms with Gasteiger partial charge in [0.15, 0.2) is 0 Å². The maximum Gasteiger partial charge on any atom is 0.255 e. The first-order valence-corrected chi connectivity index (χ1v) is 9.37. The minimum absolute atomic E-state index is 0.221. The van der Waals surface area contributed by atoms with Crippen molar-refractivity contribution < 1.29 is 9.53 Å². The van der Waals surface area contributed by atoms with Gasteiger partial charge in [-0.15, -0.1) is 10.2 Å². The lowest BCUT2D eigenvalue weighted by atomic mass is 10.1. The first-order valence-electron chi connectivity index (χ1n) is 9.37. The summed E-state index contributed by atoms with van der Waals surface area (Å²) in [4.78, 5) is 17.3. The number of carbonyl (C=O) groups is 1. The van der Waals surface area contributed by atoms with Crippen molar-refractivity contribution in [1.82, 2.24) is 19.7 Å². The molecule has 7 nitrogen and oxygen atoms in total. The predicted molar refractivity (Wildman–Crippen MR) is 115 cm³/mol. The van der Waals surface area contributed by atoms with E-state index in [1.165, 1.54) is 0 Å². The molecule has 2 heterocycles. The smallest absolute Gasteiger partial charge is 0.255 e. The van der Waals surface area contributed by atoms with Crippen LogP contribution >= 0.6 is 0 Å². The SMILES string of the molecule is COc1cccc(NC(=O)c2ccc3nnc4ncn(-c5ccccc5)c4c3c2)c1. The third kappa shape index (κ3) is 3.12. The maximum absolute atomic E-state index is 12.9. The lowest BCUT2D eigenvalue weighted by Crippen LogP contribution is -2.12. The Bertz CT molecular complexity index is 1380. The van der Waals surface area contributed by atoms with Crippen molar-refractivity contribution in [3.63, 3.8) is 0 Å². The number of hydrogen-bond donors (Lipinski definition) is 1. The van der Waals surface area contributed by atoms with Crippen molar-refractivity contribution >= 4 is 33.7 Å². The molecular formula is C23H17N5O2. The molecule has 0 radical (unpaired) electrons. The zero-order valence-electron chi connectivity index (χ0n) is 16.1. The van der Waals surface area contributed by atoms with Crippen LogP contribution in [0.4, 0.5) is 5.69 Å². The molecule has 0 spiro atoms. The van der Waals surface area contributed by atoms with Crippen LogP contribution in [0.15, 0.2) is 79.1 Å². The summed E-state index contributed by atoms with van der Waals surface area (Å²) in [7, 11) is 1.59. The van der Waals surface area contributed by atoms with Crippen LogP contribution in [-0.2, 0) is 0 Å². The molecule has 1 amide bonds. The Balaban J connectivity index is 1.60. The van der Waals surface area contributed by atoms with E-state index >= 15 is 0 Å². The number of para-hydroxylation sites is 1. The molecule has 0 aliphatic heterocycles. The van der Waals surface area contributed by atoms with Gasteiger partial charge in [-0.25, -0.2) is 4.98 Å². The van der Waals surface area contributed by atoms with Crippen LogP contribution in [0.25, 0.3) is 27.8 Å². The fraction of sp³-hybridized carbons (Fsp3) is 0.0435. The molecule has 0 aliphatic carbocycles. The summed E-state index contributed by atoms with van der Waals surface area (Å²) in [5.41, 5.74) is 4.16. The zero-order chi connectivity index (χ0) is 20.5. The fourth-order valence-corrected chi connectivity index (χ4v) is 3.41. The lowest BCUT2D eigenvalue weighted by molar-refractivity contribution is 0.102. The normalized spacial score (nSPS) is 11.0. The zero-order valence-corrected chi connectivity index (χ0v) is 16.1. The highest BCUT2D eigenvalue weighted by Crippen LogP contribution is 2.26. The number of amides is 1. The molecule has 0 atom stereocenters. The van der Waals surface area contributed by atoms with Crippen molar-refractivity contribution in [2.24, 2.45) is 0 Å². The van der Waals surface area contributed by atoms with Gasteiger partial charge in [0.25, 0.3) is 5.91 Å². The van der Waals surface area contributed by atoms with Gasteiger partial charge in [-0.3, -0.25) is 9.36 Å². The second kappa shape index (κ2) is 7.29. The molecule has 3 aromatic carbocycles. The molecule has 0 bridgehead atoms. The molecule has 0 saturated carbocycles. The Labute approximate surface area is 172 Å². The quantitative estimate of drug-likeness (QED) is 0.492. The third-order valence-electron chi connectivity index (χ3n) is 4.88. The third-order valence-corrected chi connectivity index (χ3v) is 4.88. The molecule has 0 aliphatic rings. The number of imidazole rings is 1. The van der Waals surface area contributed by atoms with E-state index in [9.17, 15) is 4.79 Å². The van der Waals surface area contributed by atoms with E-state index in [2.05, 4.69) is 20.5 Å². The van der Waals surface area contributed by atoms with Gasteiger partial charge in [0.05, 0.1) is 12.6 Å². The van der Waals surface area contributed by atoms with Crippen LogP contribution in [0.2, 0.25) is 0 Å². The van der Waals surface area contributed by atoms with E-state index in [-0.39, 0.29) is 5.91 Å². The first kappa shape index (κ1) is 17.8. The van der Waals surface area contributed by atoms with Gasteiger partial charge in [0.1, 0.15) is 17.6 Å². The Morgan fingerprint density at radius 2 is 1.83 bits per heavy atom. The van der Waals surface area contributed by atoms with E-state index in [0.29, 0.717) is 28.2 Å². The van der Waals surface area contributed by atoms with Gasteiger partial charge in [-0.05, 0) is 42.5 Å². The number of methoxy groups -OCH3 is 1. The van der Waals surface area contributed by atoms with Gasteiger partial charge in [-0.2, -0.15) is 0 Å². The Kier molecular flexibility index (Phi) is 4.33. The van der Waals surface area contributed by atoms with Gasteiger partial charge >= 0.3 is 0 Å². The number of ether oxygens (including phenoxy) is 1. The van der Waals surface area contributed by atoms with E-state index in [1.54, 1.807) is 31.6 Å². The van der Waals surface area contributed by atoms with Crippen LogP contribution < -0.4 is 10.1 Å². The minimum atomic E-state index is -0.221. The molecule has 2 aromatic heterocycles. The average Bonchev–Trinajstić information content (AvgIpc) is 3.24. The number of nitrogens with zero attached hydrogens (tertiary/aromatic N) is 4. The number of hydrogen-bond acceptors (Lipinski definition) is 5. The number of carbonyl (C=O) groups excluding carboxylic acids is 1. The highest BCUT2D eigenvalue weighted by molar-refractivity contribution is 6.09. The molecule has 0 fully saturated rings. The highest BCUT2D eigenvalue weighted by Gasteiger charge is 2.14. The Morgan fingerprint density at radius 1 is 0.967 bits per heavy atom. The molecule has 146 valence electrons. The summed E-state index contributed by atoms with van der Waals surface area (Å²) in [6.07, 6.45) is 1.72.